The number of aryl methyl sites for hydroxylation is 1. The number of rotatable bonds is 10. The Balaban J connectivity index is 0.000000386. The quantitative estimate of drug-likeness (QED) is 0.295. The van der Waals surface area contributed by atoms with Crippen LogP contribution in [0.25, 0.3) is 0 Å². The topological polar surface area (TPSA) is 147 Å². The zero-order valence-electron chi connectivity index (χ0n) is 24.2. The second-order valence-electron chi connectivity index (χ2n) is 11.0. The van der Waals surface area contributed by atoms with E-state index in [2.05, 4.69) is 0 Å². The highest BCUT2D eigenvalue weighted by atomic mass is 32.2. The van der Waals surface area contributed by atoms with Crippen molar-refractivity contribution in [3.63, 3.8) is 0 Å². The average Bonchev–Trinajstić information content (AvgIpc) is 3.19. The number of carbonyl (C=O) groups is 1. The van der Waals surface area contributed by atoms with Gasteiger partial charge in [-0.1, -0.05) is 17.7 Å². The van der Waals surface area contributed by atoms with Crippen LogP contribution in [0.4, 0.5) is 13.2 Å². The van der Waals surface area contributed by atoms with E-state index in [1.807, 2.05) is 6.92 Å². The number of methoxy groups -OCH3 is 1. The number of carbonyl (C=O) groups excluding carboxylic acids is 1. The number of hydrogen-bond acceptors (Lipinski definition) is 7. The largest absolute Gasteiger partial charge is 0.383 e. The molecule has 2 aromatic rings. The molecule has 2 fully saturated rings. The van der Waals surface area contributed by atoms with E-state index in [9.17, 15) is 34.8 Å². The van der Waals surface area contributed by atoms with Crippen LogP contribution in [0.1, 0.15) is 36.8 Å². The van der Waals surface area contributed by atoms with Crippen LogP contribution in [0.15, 0.2) is 41.3 Å². The van der Waals surface area contributed by atoms with Gasteiger partial charge in [0.2, 0.25) is 15.9 Å². The van der Waals surface area contributed by atoms with Crippen LogP contribution in [-0.2, 0) is 36.1 Å². The number of amides is 1. The van der Waals surface area contributed by atoms with Crippen LogP contribution < -0.4 is 5.73 Å². The summed E-state index contributed by atoms with van der Waals surface area (Å²) in [5.41, 5.74) is 7.28. The maximum atomic E-state index is 14.0. The Labute approximate surface area is 250 Å². The third-order valence-corrected chi connectivity index (χ3v) is 10.5. The second kappa shape index (κ2) is 14.5. The summed E-state index contributed by atoms with van der Waals surface area (Å²) in [6, 6.07) is 6.59. The molecule has 43 heavy (non-hydrogen) atoms. The first-order chi connectivity index (χ1) is 20.0. The number of benzene rings is 2. The summed E-state index contributed by atoms with van der Waals surface area (Å²) in [5.74, 6) is -4.27. The van der Waals surface area contributed by atoms with Crippen molar-refractivity contribution in [1.29, 1.82) is 0 Å². The number of nitrogens with zero attached hydrogens (tertiary/aromatic N) is 2. The Bertz CT molecular complexity index is 1480. The molecule has 0 aromatic heterocycles. The predicted molar refractivity (Wildman–Crippen MR) is 154 cm³/mol. The van der Waals surface area contributed by atoms with Gasteiger partial charge in [-0.25, -0.2) is 25.9 Å². The van der Waals surface area contributed by atoms with Gasteiger partial charge in [0.15, 0.2) is 11.6 Å². The van der Waals surface area contributed by atoms with Gasteiger partial charge in [0, 0.05) is 44.9 Å². The van der Waals surface area contributed by atoms with Crippen molar-refractivity contribution < 1.29 is 44.1 Å². The van der Waals surface area contributed by atoms with E-state index in [0.717, 1.165) is 28.8 Å². The number of ether oxygens (including phenoxy) is 1. The van der Waals surface area contributed by atoms with Gasteiger partial charge in [0.1, 0.15) is 11.6 Å². The van der Waals surface area contributed by atoms with Crippen LogP contribution >= 0.6 is 0 Å². The van der Waals surface area contributed by atoms with Gasteiger partial charge in [0.25, 0.3) is 10.1 Å². The smallest absolute Gasteiger partial charge is 0.294 e. The summed E-state index contributed by atoms with van der Waals surface area (Å²) >= 11 is 0. The number of halogens is 3. The first kappa shape index (κ1) is 34.9. The molecule has 0 spiro atoms. The molecule has 2 bridgehead atoms. The summed E-state index contributed by atoms with van der Waals surface area (Å²) in [6.07, 6.45) is 2.68. The Morgan fingerprint density at radius 2 is 1.60 bits per heavy atom. The maximum Gasteiger partial charge on any atom is 0.294 e. The fourth-order valence-electron chi connectivity index (χ4n) is 5.53. The summed E-state index contributed by atoms with van der Waals surface area (Å²) in [4.78, 5) is 14.5. The highest BCUT2D eigenvalue weighted by Gasteiger charge is 2.45. The molecule has 10 nitrogen and oxygen atoms in total. The number of likely N-dealkylation sites (N-methyl/N-ethyl adjacent to an activating group) is 1. The van der Waals surface area contributed by atoms with E-state index in [4.69, 9.17) is 15.0 Å². The molecular weight excluding hydrogens is 611 g/mol. The normalized spacial score (nSPS) is 21.0. The van der Waals surface area contributed by atoms with Crippen molar-refractivity contribution >= 4 is 26.0 Å². The zero-order valence-corrected chi connectivity index (χ0v) is 25.9. The minimum absolute atomic E-state index is 0.0208. The minimum atomic E-state index is -4.02. The van der Waals surface area contributed by atoms with E-state index in [1.165, 1.54) is 26.3 Å². The fraction of sp³-hybridized carbons (Fsp3) is 0.536. The first-order valence-electron chi connectivity index (χ1n) is 13.7. The minimum Gasteiger partial charge on any atom is -0.383 e. The molecule has 2 unspecified atom stereocenters. The van der Waals surface area contributed by atoms with Gasteiger partial charge in [-0.3, -0.25) is 9.35 Å². The van der Waals surface area contributed by atoms with E-state index < -0.39 is 55.3 Å². The number of sulfonamides is 1. The molecule has 2 saturated heterocycles. The van der Waals surface area contributed by atoms with E-state index in [0.29, 0.717) is 18.9 Å². The molecular formula is C28H38F3N3O7S2. The molecule has 1 amide bonds. The lowest BCUT2D eigenvalue weighted by atomic mass is 9.82. The highest BCUT2D eigenvalue weighted by Crippen LogP contribution is 2.40. The number of hydrogen-bond donors (Lipinski definition) is 2. The lowest BCUT2D eigenvalue weighted by Crippen LogP contribution is -2.52. The average molecular weight is 650 g/mol. The van der Waals surface area contributed by atoms with Crippen LogP contribution in [-0.4, -0.2) is 87.7 Å². The van der Waals surface area contributed by atoms with Crippen LogP contribution in [0.2, 0.25) is 0 Å². The number of piperidine rings is 1. The molecule has 0 saturated carbocycles. The van der Waals surface area contributed by atoms with Crippen molar-refractivity contribution in [2.24, 2.45) is 11.7 Å². The van der Waals surface area contributed by atoms with Crippen LogP contribution in [0, 0.1) is 30.3 Å². The molecule has 15 heteroatoms. The SMILES string of the molecule is COCCN(C)S(=O)(=O)CC(=O)N1C2CCC1CC([C@H](N)Cc1cc(F)c(F)cc1F)C2.Cc1ccc(S(=O)(=O)O)cc1. The molecule has 3 N–H and O–H groups in total. The van der Waals surface area contributed by atoms with Crippen molar-refractivity contribution in [3.8, 4) is 0 Å². The van der Waals surface area contributed by atoms with Gasteiger partial charge < -0.3 is 15.4 Å². The molecule has 2 aliphatic rings. The van der Waals surface area contributed by atoms with Crippen LogP contribution in [0.5, 0.6) is 0 Å². The highest BCUT2D eigenvalue weighted by molar-refractivity contribution is 7.89. The lowest BCUT2D eigenvalue weighted by molar-refractivity contribution is -0.133. The molecule has 2 heterocycles. The van der Waals surface area contributed by atoms with Crippen molar-refractivity contribution in [1.82, 2.24) is 9.21 Å². The number of nitrogens with two attached hydrogens (primary N) is 1. The third kappa shape index (κ3) is 9.22. The summed E-state index contributed by atoms with van der Waals surface area (Å²) in [7, 11) is -4.89. The van der Waals surface area contributed by atoms with Crippen molar-refractivity contribution in [2.75, 3.05) is 33.1 Å². The van der Waals surface area contributed by atoms with Crippen LogP contribution in [0.3, 0.4) is 0 Å². The van der Waals surface area contributed by atoms with Crippen molar-refractivity contribution in [3.05, 3.63) is 65.0 Å². The van der Waals surface area contributed by atoms with Gasteiger partial charge in [-0.2, -0.15) is 8.42 Å². The van der Waals surface area contributed by atoms with E-state index in [1.54, 1.807) is 17.0 Å². The van der Waals surface area contributed by atoms with Crippen molar-refractivity contribution in [2.45, 2.75) is 62.0 Å². The zero-order chi connectivity index (χ0) is 32.1. The molecule has 0 aliphatic carbocycles. The Kier molecular flexibility index (Phi) is 11.8. The molecule has 3 atom stereocenters. The lowest BCUT2D eigenvalue weighted by Gasteiger charge is -2.41. The fourth-order valence-corrected chi connectivity index (χ4v) is 7.04. The predicted octanol–water partition coefficient (Wildman–Crippen LogP) is 2.89. The summed E-state index contributed by atoms with van der Waals surface area (Å²) in [5, 5.41) is 0. The standard InChI is InChI=1S/C21H30F3N3O4S.C7H8O3S/c1-26(5-6-31-2)32(29,30)12-21(28)27-15-3-4-16(27)8-14(7-15)20(25)10-13-9-18(23)19(24)11-17(13)22;1-6-2-4-7(5-3-6)11(8,9)10/h9,11,14-16,20H,3-8,10,12,25H2,1-2H3;2-5H,1H3,(H,8,9,10)/t14?,15?,16?,20-;/m1./s1. The number of fused-ring (bicyclic) bond motifs is 2. The molecule has 2 aromatic carbocycles. The molecule has 240 valence electrons. The Hall–Kier alpha value is -2.56. The van der Waals surface area contributed by atoms with Gasteiger partial charge in [-0.05, 0) is 68.7 Å². The summed E-state index contributed by atoms with van der Waals surface area (Å²) in [6.45, 7) is 2.24. The molecule has 0 radical (unpaired) electrons. The Morgan fingerprint density at radius 3 is 2.14 bits per heavy atom. The Morgan fingerprint density at radius 1 is 1.05 bits per heavy atom. The van der Waals surface area contributed by atoms with E-state index in [-0.39, 0.29) is 48.0 Å². The first-order valence-corrected chi connectivity index (χ1v) is 16.8. The molecule has 2 aliphatic heterocycles. The molecule has 4 rings (SSSR count). The van der Waals surface area contributed by atoms with Gasteiger partial charge in [-0.15, -0.1) is 0 Å². The van der Waals surface area contributed by atoms with E-state index >= 15 is 0 Å². The van der Waals surface area contributed by atoms with Gasteiger partial charge >= 0.3 is 0 Å². The maximum absolute atomic E-state index is 14.0. The van der Waals surface area contributed by atoms with Gasteiger partial charge in [0.05, 0.1) is 11.5 Å². The third-order valence-electron chi connectivity index (χ3n) is 7.92. The summed E-state index contributed by atoms with van der Waals surface area (Å²) < 4.78 is 101. The second-order valence-corrected chi connectivity index (χ2v) is 14.5. The monoisotopic (exact) mass is 649 g/mol.